The summed E-state index contributed by atoms with van der Waals surface area (Å²) in [5.41, 5.74) is 1.81. The van der Waals surface area contributed by atoms with E-state index in [1.807, 2.05) is 13.8 Å². The van der Waals surface area contributed by atoms with Crippen LogP contribution in [0.5, 0.6) is 5.75 Å². The number of Topliss-reactive ketones (excluding diaryl/α,β-unsaturated/α-hetero) is 1. The number of ketones is 1. The topological polar surface area (TPSA) is 92.9 Å². The van der Waals surface area contributed by atoms with Gasteiger partial charge in [0.2, 0.25) is 0 Å². The van der Waals surface area contributed by atoms with Gasteiger partial charge in [0, 0.05) is 11.8 Å². The number of pyridine rings is 1. The number of furan rings is 1. The van der Waals surface area contributed by atoms with Crippen molar-refractivity contribution < 1.29 is 23.8 Å². The normalized spacial score (nSPS) is 17.9. The average Bonchev–Trinajstić information content (AvgIpc) is 3.41. The summed E-state index contributed by atoms with van der Waals surface area (Å²) in [6.45, 7) is 4.10. The molecule has 0 saturated carbocycles. The molecular formula is C25H24N2O5. The Kier molecular flexibility index (Phi) is 5.81. The molecule has 1 aliphatic rings. The van der Waals surface area contributed by atoms with Crippen LogP contribution in [0.1, 0.15) is 48.4 Å². The number of carbonyl (C=O) groups excluding carboxylic acids is 2. The highest BCUT2D eigenvalue weighted by molar-refractivity contribution is 6.46. The van der Waals surface area contributed by atoms with Gasteiger partial charge in [-0.2, -0.15) is 0 Å². The van der Waals surface area contributed by atoms with Crippen molar-refractivity contribution in [1.82, 2.24) is 9.88 Å². The van der Waals surface area contributed by atoms with Gasteiger partial charge >= 0.3 is 0 Å². The summed E-state index contributed by atoms with van der Waals surface area (Å²) in [7, 11) is 1.59. The molecule has 32 heavy (non-hydrogen) atoms. The molecule has 1 unspecified atom stereocenters. The van der Waals surface area contributed by atoms with Gasteiger partial charge in [0.05, 0.1) is 31.2 Å². The van der Waals surface area contributed by atoms with Crippen LogP contribution in [0.3, 0.4) is 0 Å². The Morgan fingerprint density at radius 2 is 2.00 bits per heavy atom. The summed E-state index contributed by atoms with van der Waals surface area (Å²) >= 11 is 0. The molecule has 3 aromatic rings. The molecule has 1 aromatic carbocycles. The van der Waals surface area contributed by atoms with Crippen LogP contribution in [-0.2, 0) is 16.1 Å². The van der Waals surface area contributed by atoms with Crippen LogP contribution in [0.2, 0.25) is 0 Å². The molecule has 0 bridgehead atoms. The summed E-state index contributed by atoms with van der Waals surface area (Å²) in [6, 6.07) is 13.1. The lowest BCUT2D eigenvalue weighted by Gasteiger charge is -2.23. The van der Waals surface area contributed by atoms with E-state index in [-0.39, 0.29) is 23.8 Å². The van der Waals surface area contributed by atoms with Gasteiger partial charge < -0.3 is 19.2 Å². The monoisotopic (exact) mass is 432 g/mol. The third kappa shape index (κ3) is 3.77. The number of hydrogen-bond acceptors (Lipinski definition) is 6. The Hall–Kier alpha value is -3.87. The largest absolute Gasteiger partial charge is 0.507 e. The Morgan fingerprint density at radius 1 is 1.19 bits per heavy atom. The van der Waals surface area contributed by atoms with E-state index in [1.54, 1.807) is 61.8 Å². The van der Waals surface area contributed by atoms with Crippen molar-refractivity contribution in [2.24, 2.45) is 0 Å². The third-order valence-corrected chi connectivity index (χ3v) is 5.54. The molecule has 2 aromatic heterocycles. The first-order valence-corrected chi connectivity index (χ1v) is 10.3. The fourth-order valence-electron chi connectivity index (χ4n) is 3.95. The number of aliphatic hydroxyl groups is 1. The molecule has 1 aliphatic heterocycles. The molecular weight excluding hydrogens is 408 g/mol. The molecule has 3 heterocycles. The number of benzene rings is 1. The number of hydrogen-bond donors (Lipinski definition) is 1. The van der Waals surface area contributed by atoms with Gasteiger partial charge in [0.15, 0.2) is 0 Å². The standard InChI is InChI=1S/C25H24N2O5/c1-15(2)18-13-16(9-10-20(18)31-3)23(28)21-22(19-8-4-5-11-26-19)27(25(30)24(21)29)14-17-7-6-12-32-17/h4-13,15,22,28H,14H2,1-3H3/b23-21-. The minimum atomic E-state index is -0.842. The summed E-state index contributed by atoms with van der Waals surface area (Å²) in [6.07, 6.45) is 3.10. The van der Waals surface area contributed by atoms with E-state index in [0.717, 1.165) is 5.56 Å². The lowest BCUT2D eigenvalue weighted by molar-refractivity contribution is -0.140. The molecule has 1 fully saturated rings. The van der Waals surface area contributed by atoms with Crippen LogP contribution in [-0.4, -0.2) is 33.8 Å². The maximum absolute atomic E-state index is 13.1. The van der Waals surface area contributed by atoms with Crippen LogP contribution in [0, 0.1) is 0 Å². The molecule has 1 atom stereocenters. The number of methoxy groups -OCH3 is 1. The van der Waals surface area contributed by atoms with Gasteiger partial charge in [-0.1, -0.05) is 19.9 Å². The first-order valence-electron chi connectivity index (χ1n) is 10.3. The van der Waals surface area contributed by atoms with Crippen molar-refractivity contribution in [1.29, 1.82) is 0 Å². The number of amides is 1. The summed E-state index contributed by atoms with van der Waals surface area (Å²) in [4.78, 5) is 31.8. The SMILES string of the molecule is COc1ccc(/C(O)=C2/C(=O)C(=O)N(Cc3ccco3)C2c2ccccn2)cc1C(C)C. The van der Waals surface area contributed by atoms with Crippen LogP contribution >= 0.6 is 0 Å². The van der Waals surface area contributed by atoms with Gasteiger partial charge in [-0.15, -0.1) is 0 Å². The zero-order valence-corrected chi connectivity index (χ0v) is 18.1. The molecule has 164 valence electrons. The Morgan fingerprint density at radius 3 is 2.62 bits per heavy atom. The maximum atomic E-state index is 13.1. The van der Waals surface area contributed by atoms with Crippen molar-refractivity contribution >= 4 is 17.4 Å². The molecule has 0 spiro atoms. The number of rotatable bonds is 6. The molecule has 4 rings (SSSR count). The van der Waals surface area contributed by atoms with Crippen molar-refractivity contribution in [3.8, 4) is 5.75 Å². The summed E-state index contributed by atoms with van der Waals surface area (Å²) < 4.78 is 10.8. The van der Waals surface area contributed by atoms with E-state index in [4.69, 9.17) is 9.15 Å². The van der Waals surface area contributed by atoms with Gasteiger partial charge in [-0.25, -0.2) is 0 Å². The molecule has 7 nitrogen and oxygen atoms in total. The molecule has 1 N–H and O–H groups in total. The Balaban J connectivity index is 1.87. The van der Waals surface area contributed by atoms with Crippen molar-refractivity contribution in [2.45, 2.75) is 32.4 Å². The van der Waals surface area contributed by atoms with Crippen LogP contribution in [0.25, 0.3) is 5.76 Å². The second-order valence-corrected chi connectivity index (χ2v) is 7.87. The highest BCUT2D eigenvalue weighted by Crippen LogP contribution is 2.40. The van der Waals surface area contributed by atoms with Gasteiger partial charge in [0.25, 0.3) is 11.7 Å². The molecule has 1 amide bonds. The molecule has 0 aliphatic carbocycles. The smallest absolute Gasteiger partial charge is 0.296 e. The fourth-order valence-corrected chi connectivity index (χ4v) is 3.95. The van der Waals surface area contributed by atoms with E-state index >= 15 is 0 Å². The van der Waals surface area contributed by atoms with E-state index in [9.17, 15) is 14.7 Å². The zero-order chi connectivity index (χ0) is 22.8. The number of carbonyl (C=O) groups is 2. The lowest BCUT2D eigenvalue weighted by atomic mass is 9.94. The van der Waals surface area contributed by atoms with Crippen molar-refractivity contribution in [2.75, 3.05) is 7.11 Å². The quantitative estimate of drug-likeness (QED) is 0.352. The zero-order valence-electron chi connectivity index (χ0n) is 18.1. The maximum Gasteiger partial charge on any atom is 0.296 e. The van der Waals surface area contributed by atoms with Crippen molar-refractivity contribution in [3.63, 3.8) is 0 Å². The van der Waals surface area contributed by atoms with E-state index < -0.39 is 17.7 Å². The summed E-state index contributed by atoms with van der Waals surface area (Å²) in [5.74, 6) is -0.366. The minimum absolute atomic E-state index is 0.000120. The second-order valence-electron chi connectivity index (χ2n) is 7.87. The van der Waals surface area contributed by atoms with Crippen molar-refractivity contribution in [3.05, 3.63) is 89.1 Å². The van der Waals surface area contributed by atoms with Gasteiger partial charge in [-0.05, 0) is 53.9 Å². The molecule has 0 radical (unpaired) electrons. The van der Waals surface area contributed by atoms with Gasteiger partial charge in [-0.3, -0.25) is 14.6 Å². The van der Waals surface area contributed by atoms with Crippen LogP contribution < -0.4 is 4.74 Å². The predicted molar refractivity (Wildman–Crippen MR) is 118 cm³/mol. The number of nitrogens with zero attached hydrogens (tertiary/aromatic N) is 2. The van der Waals surface area contributed by atoms with E-state index in [1.165, 1.54) is 11.2 Å². The predicted octanol–water partition coefficient (Wildman–Crippen LogP) is 4.43. The number of ether oxygens (including phenoxy) is 1. The van der Waals surface area contributed by atoms with Crippen LogP contribution in [0.15, 0.2) is 71.0 Å². The van der Waals surface area contributed by atoms with Crippen LogP contribution in [0.4, 0.5) is 0 Å². The summed E-state index contributed by atoms with van der Waals surface area (Å²) in [5, 5.41) is 11.2. The van der Waals surface area contributed by atoms with E-state index in [0.29, 0.717) is 22.8 Å². The van der Waals surface area contributed by atoms with E-state index in [2.05, 4.69) is 4.98 Å². The second kappa shape index (κ2) is 8.70. The number of aliphatic hydroxyl groups excluding tert-OH is 1. The van der Waals surface area contributed by atoms with Gasteiger partial charge in [0.1, 0.15) is 23.3 Å². The first-order chi connectivity index (χ1) is 15.4. The fraction of sp³-hybridized carbons (Fsp3) is 0.240. The first kappa shape index (κ1) is 21.4. The third-order valence-electron chi connectivity index (χ3n) is 5.54. The highest BCUT2D eigenvalue weighted by atomic mass is 16.5. The lowest BCUT2D eigenvalue weighted by Crippen LogP contribution is -2.29. The highest BCUT2D eigenvalue weighted by Gasteiger charge is 2.47. The number of likely N-dealkylation sites (tertiary alicyclic amines) is 1. The minimum Gasteiger partial charge on any atom is -0.507 e. The average molecular weight is 432 g/mol. The Bertz CT molecular complexity index is 1170. The molecule has 7 heteroatoms. The Labute approximate surface area is 186 Å². The molecule has 1 saturated heterocycles. The number of aromatic nitrogens is 1.